The van der Waals surface area contributed by atoms with E-state index in [1.54, 1.807) is 0 Å². The minimum Gasteiger partial charge on any atom is -0.309 e. The molecule has 0 aromatic heterocycles. The molecule has 0 aliphatic carbocycles. The van der Waals surface area contributed by atoms with Crippen molar-refractivity contribution in [3.8, 4) is 0 Å². The van der Waals surface area contributed by atoms with Crippen LogP contribution in [0, 0.1) is 0 Å². The van der Waals surface area contributed by atoms with E-state index in [0.717, 1.165) is 29.1 Å². The standard InChI is InChI=1S/C13H18BrClN2/c1-9-6-17(7-10(2)16-9)8-11-3-4-12(14)5-13(11)15/h3-5,9-10,16H,6-8H2,1-2H3. The van der Waals surface area contributed by atoms with Crippen LogP contribution in [0.15, 0.2) is 22.7 Å². The number of benzene rings is 1. The number of hydrogen-bond acceptors (Lipinski definition) is 2. The van der Waals surface area contributed by atoms with Crippen LogP contribution in [0.25, 0.3) is 0 Å². The fourth-order valence-electron chi connectivity index (χ4n) is 2.46. The molecule has 1 N–H and O–H groups in total. The summed E-state index contributed by atoms with van der Waals surface area (Å²) in [6, 6.07) is 7.22. The minimum atomic E-state index is 0.549. The van der Waals surface area contributed by atoms with Crippen molar-refractivity contribution in [1.82, 2.24) is 10.2 Å². The fraction of sp³-hybridized carbons (Fsp3) is 0.538. The van der Waals surface area contributed by atoms with Crippen LogP contribution in [0.3, 0.4) is 0 Å². The molecule has 94 valence electrons. The molecule has 1 heterocycles. The SMILES string of the molecule is CC1CN(Cc2ccc(Br)cc2Cl)CC(C)N1. The summed E-state index contributed by atoms with van der Waals surface area (Å²) in [5, 5.41) is 4.38. The van der Waals surface area contributed by atoms with E-state index in [1.165, 1.54) is 5.56 Å². The molecule has 1 aromatic carbocycles. The molecule has 1 saturated heterocycles. The Labute approximate surface area is 116 Å². The Kier molecular flexibility index (Phi) is 4.47. The second-order valence-electron chi connectivity index (χ2n) is 4.90. The van der Waals surface area contributed by atoms with Gasteiger partial charge >= 0.3 is 0 Å². The van der Waals surface area contributed by atoms with Gasteiger partial charge in [0.15, 0.2) is 0 Å². The lowest BCUT2D eigenvalue weighted by Crippen LogP contribution is -2.53. The summed E-state index contributed by atoms with van der Waals surface area (Å²) in [7, 11) is 0. The zero-order chi connectivity index (χ0) is 12.4. The molecular weight excluding hydrogens is 300 g/mol. The van der Waals surface area contributed by atoms with Crippen LogP contribution in [0.2, 0.25) is 5.02 Å². The van der Waals surface area contributed by atoms with Crippen molar-refractivity contribution in [1.29, 1.82) is 0 Å². The second-order valence-corrected chi connectivity index (χ2v) is 6.22. The van der Waals surface area contributed by atoms with Crippen molar-refractivity contribution >= 4 is 27.5 Å². The quantitative estimate of drug-likeness (QED) is 0.900. The zero-order valence-corrected chi connectivity index (χ0v) is 12.6. The number of nitrogens with zero attached hydrogens (tertiary/aromatic N) is 1. The van der Waals surface area contributed by atoms with Gasteiger partial charge in [0.25, 0.3) is 0 Å². The molecule has 17 heavy (non-hydrogen) atoms. The van der Waals surface area contributed by atoms with Crippen LogP contribution >= 0.6 is 27.5 Å². The first-order valence-corrected chi connectivity index (χ1v) is 7.14. The molecular formula is C13H18BrClN2. The molecule has 1 fully saturated rings. The van der Waals surface area contributed by atoms with E-state index < -0.39 is 0 Å². The lowest BCUT2D eigenvalue weighted by Gasteiger charge is -2.36. The van der Waals surface area contributed by atoms with E-state index in [9.17, 15) is 0 Å². The second kappa shape index (κ2) is 5.70. The maximum atomic E-state index is 6.25. The minimum absolute atomic E-state index is 0.549. The third-order valence-corrected chi connectivity index (χ3v) is 3.89. The largest absolute Gasteiger partial charge is 0.309 e. The summed E-state index contributed by atoms with van der Waals surface area (Å²) < 4.78 is 1.04. The van der Waals surface area contributed by atoms with Gasteiger partial charge < -0.3 is 5.32 Å². The van der Waals surface area contributed by atoms with Crippen molar-refractivity contribution in [2.45, 2.75) is 32.5 Å². The van der Waals surface area contributed by atoms with Gasteiger partial charge in [-0.1, -0.05) is 33.6 Å². The van der Waals surface area contributed by atoms with Crippen molar-refractivity contribution in [3.05, 3.63) is 33.3 Å². The summed E-state index contributed by atoms with van der Waals surface area (Å²) >= 11 is 9.68. The first-order chi connectivity index (χ1) is 8.04. The lowest BCUT2D eigenvalue weighted by molar-refractivity contribution is 0.166. The highest BCUT2D eigenvalue weighted by atomic mass is 79.9. The van der Waals surface area contributed by atoms with Crippen LogP contribution in [0.5, 0.6) is 0 Å². The van der Waals surface area contributed by atoms with Crippen molar-refractivity contribution in [3.63, 3.8) is 0 Å². The summed E-state index contributed by atoms with van der Waals surface area (Å²) in [6.45, 7) is 7.55. The van der Waals surface area contributed by atoms with Crippen LogP contribution in [-0.4, -0.2) is 30.1 Å². The predicted molar refractivity (Wildman–Crippen MR) is 76.5 cm³/mol. The van der Waals surface area contributed by atoms with Gasteiger partial charge in [0, 0.05) is 41.2 Å². The molecule has 0 amide bonds. The molecule has 2 unspecified atom stereocenters. The molecule has 0 saturated carbocycles. The summed E-state index contributed by atoms with van der Waals surface area (Å²) in [4.78, 5) is 2.46. The maximum Gasteiger partial charge on any atom is 0.0462 e. The highest BCUT2D eigenvalue weighted by Crippen LogP contribution is 2.23. The topological polar surface area (TPSA) is 15.3 Å². The van der Waals surface area contributed by atoms with Gasteiger partial charge in [0.2, 0.25) is 0 Å². The average molecular weight is 318 g/mol. The Morgan fingerprint density at radius 3 is 2.59 bits per heavy atom. The van der Waals surface area contributed by atoms with E-state index in [4.69, 9.17) is 11.6 Å². The summed E-state index contributed by atoms with van der Waals surface area (Å²) in [6.07, 6.45) is 0. The molecule has 0 radical (unpaired) electrons. The third-order valence-electron chi connectivity index (χ3n) is 3.04. The molecule has 2 atom stereocenters. The summed E-state index contributed by atoms with van der Waals surface area (Å²) in [5.74, 6) is 0. The maximum absolute atomic E-state index is 6.25. The first kappa shape index (κ1) is 13.3. The lowest BCUT2D eigenvalue weighted by atomic mass is 10.1. The van der Waals surface area contributed by atoms with Gasteiger partial charge in [0.05, 0.1) is 0 Å². The zero-order valence-electron chi connectivity index (χ0n) is 10.2. The number of rotatable bonds is 2. The monoisotopic (exact) mass is 316 g/mol. The normalized spacial score (nSPS) is 26.1. The van der Waals surface area contributed by atoms with Gasteiger partial charge in [-0.05, 0) is 31.5 Å². The Morgan fingerprint density at radius 2 is 2.00 bits per heavy atom. The third kappa shape index (κ3) is 3.68. The Morgan fingerprint density at radius 1 is 1.35 bits per heavy atom. The number of piperazine rings is 1. The highest BCUT2D eigenvalue weighted by Gasteiger charge is 2.21. The van der Waals surface area contributed by atoms with E-state index in [1.807, 2.05) is 6.07 Å². The van der Waals surface area contributed by atoms with Crippen LogP contribution in [0.1, 0.15) is 19.4 Å². The van der Waals surface area contributed by atoms with Crippen LogP contribution in [0.4, 0.5) is 0 Å². The summed E-state index contributed by atoms with van der Waals surface area (Å²) in [5.41, 5.74) is 1.20. The Balaban J connectivity index is 2.04. The molecule has 2 rings (SSSR count). The number of halogens is 2. The molecule has 0 spiro atoms. The molecule has 2 nitrogen and oxygen atoms in total. The Hall–Kier alpha value is -0.0900. The molecule has 1 aliphatic heterocycles. The fourth-order valence-corrected chi connectivity index (χ4v) is 3.19. The molecule has 0 bridgehead atoms. The molecule has 1 aromatic rings. The van der Waals surface area contributed by atoms with Gasteiger partial charge in [-0.3, -0.25) is 4.90 Å². The van der Waals surface area contributed by atoms with Crippen molar-refractivity contribution in [2.75, 3.05) is 13.1 Å². The molecule has 1 aliphatic rings. The van der Waals surface area contributed by atoms with Gasteiger partial charge in [0.1, 0.15) is 0 Å². The number of hydrogen-bond donors (Lipinski definition) is 1. The van der Waals surface area contributed by atoms with Crippen LogP contribution < -0.4 is 5.32 Å². The molecule has 4 heteroatoms. The van der Waals surface area contributed by atoms with Gasteiger partial charge in [-0.2, -0.15) is 0 Å². The first-order valence-electron chi connectivity index (χ1n) is 5.97. The van der Waals surface area contributed by atoms with E-state index in [0.29, 0.717) is 12.1 Å². The smallest absolute Gasteiger partial charge is 0.0462 e. The van der Waals surface area contributed by atoms with Crippen molar-refractivity contribution < 1.29 is 0 Å². The van der Waals surface area contributed by atoms with Gasteiger partial charge in [-0.25, -0.2) is 0 Å². The van der Waals surface area contributed by atoms with E-state index in [2.05, 4.69) is 52.1 Å². The van der Waals surface area contributed by atoms with Gasteiger partial charge in [-0.15, -0.1) is 0 Å². The Bertz CT molecular complexity index is 387. The van der Waals surface area contributed by atoms with E-state index in [-0.39, 0.29) is 0 Å². The predicted octanol–water partition coefficient (Wildman–Crippen LogP) is 3.28. The van der Waals surface area contributed by atoms with Crippen molar-refractivity contribution in [2.24, 2.45) is 0 Å². The van der Waals surface area contributed by atoms with E-state index >= 15 is 0 Å². The average Bonchev–Trinajstić information content (AvgIpc) is 2.21. The highest BCUT2D eigenvalue weighted by molar-refractivity contribution is 9.10. The number of nitrogens with one attached hydrogen (secondary N) is 1. The van der Waals surface area contributed by atoms with Crippen LogP contribution in [-0.2, 0) is 6.54 Å².